The molecule has 2 heterocycles. The van der Waals surface area contributed by atoms with Gasteiger partial charge in [0.2, 0.25) is 0 Å². The second kappa shape index (κ2) is 31.6. The van der Waals surface area contributed by atoms with Crippen molar-refractivity contribution in [1.29, 1.82) is 0 Å². The molecular formula is C22H35I4N2O12V. The van der Waals surface area contributed by atoms with E-state index in [0.29, 0.717) is 32.4 Å². The maximum atomic E-state index is 11.6. The number of carbonyl (C=O) groups is 5. The molecule has 0 saturated carbocycles. The number of nitrogens with zero attached hydrogens (tertiary/aromatic N) is 2. The second-order valence-electron chi connectivity index (χ2n) is 7.02. The van der Waals surface area contributed by atoms with Gasteiger partial charge < -0.3 is 38.8 Å². The number of aliphatic hydroxyl groups excluding tert-OH is 1. The molecule has 41 heavy (non-hydrogen) atoms. The van der Waals surface area contributed by atoms with Crippen molar-refractivity contribution < 1.29 is 62.8 Å². The van der Waals surface area contributed by atoms with Crippen LogP contribution in [0.1, 0.15) is 0 Å². The van der Waals surface area contributed by atoms with Crippen LogP contribution in [0.5, 0.6) is 0 Å². The molecular weight excluding hydrogens is 1040 g/mol. The number of morpholine rings is 2. The average Bonchev–Trinajstić information content (AvgIpc) is 2.94. The summed E-state index contributed by atoms with van der Waals surface area (Å²) in [6, 6.07) is 0. The quantitative estimate of drug-likeness (QED) is 0.155. The van der Waals surface area contributed by atoms with Gasteiger partial charge in [-0.15, -0.1) is 24.0 Å². The van der Waals surface area contributed by atoms with E-state index in [-0.39, 0.29) is 48.0 Å². The number of aliphatic carboxylic acids is 1. The van der Waals surface area contributed by atoms with Crippen LogP contribution in [0.4, 0.5) is 0 Å². The molecule has 19 heteroatoms. The van der Waals surface area contributed by atoms with Crippen LogP contribution in [0.25, 0.3) is 0 Å². The molecule has 0 spiro atoms. The van der Waals surface area contributed by atoms with Gasteiger partial charge in [-0.3, -0.25) is 9.69 Å². The molecule has 14 nitrogen and oxygen atoms in total. The Morgan fingerprint density at radius 2 is 1.22 bits per heavy atom. The summed E-state index contributed by atoms with van der Waals surface area (Å²) in [6.45, 7) is 6.27. The van der Waals surface area contributed by atoms with E-state index in [1.165, 1.54) is 14.2 Å². The third kappa shape index (κ3) is 32.9. The van der Waals surface area contributed by atoms with Gasteiger partial charge in [0, 0.05) is 57.0 Å². The Morgan fingerprint density at radius 3 is 1.63 bits per heavy atom. The molecule has 2 saturated heterocycles. The summed E-state index contributed by atoms with van der Waals surface area (Å²) in [7, 11) is 2.37. The number of carboxylic acid groups (broad SMARTS) is 1. The molecule has 0 radical (unpaired) electrons. The zero-order chi connectivity index (χ0) is 30.8. The summed E-state index contributed by atoms with van der Waals surface area (Å²) in [4.78, 5) is 56.8. The minimum atomic E-state index is -1.17. The molecule has 0 aromatic carbocycles. The van der Waals surface area contributed by atoms with Crippen LogP contribution >= 0.6 is 83.9 Å². The molecule has 1 amide bonds. The number of carbonyl (C=O) groups excluding carboxylic acids is 4. The van der Waals surface area contributed by atoms with Crippen LogP contribution < -0.4 is 0 Å². The summed E-state index contributed by atoms with van der Waals surface area (Å²) < 4.78 is 23.3. The van der Waals surface area contributed by atoms with Gasteiger partial charge in [0.15, 0.2) is 6.61 Å². The van der Waals surface area contributed by atoms with Crippen molar-refractivity contribution in [2.75, 3.05) is 86.6 Å². The predicted molar refractivity (Wildman–Crippen MR) is 180 cm³/mol. The fraction of sp³-hybridized carbons (Fsp3) is 0.591. The van der Waals surface area contributed by atoms with Gasteiger partial charge in [-0.1, -0.05) is 0 Å². The number of hydrogen-bond donors (Lipinski definition) is 2. The Morgan fingerprint density at radius 1 is 0.805 bits per heavy atom. The van der Waals surface area contributed by atoms with Crippen molar-refractivity contribution in [2.45, 2.75) is 0 Å². The number of halogens is 4. The van der Waals surface area contributed by atoms with Gasteiger partial charge in [0.05, 0.1) is 47.3 Å². The molecule has 0 unspecified atom stereocenters. The number of carboxylic acids is 1. The molecule has 0 aromatic heterocycles. The first kappa shape index (κ1) is 45.6. The predicted octanol–water partition coefficient (Wildman–Crippen LogP) is 1.50. The van der Waals surface area contributed by atoms with E-state index < -0.39 is 23.9 Å². The van der Waals surface area contributed by atoms with Crippen molar-refractivity contribution in [3.8, 4) is 0 Å². The van der Waals surface area contributed by atoms with E-state index in [1.807, 2.05) is 0 Å². The number of methoxy groups -OCH3 is 2. The van der Waals surface area contributed by atoms with Crippen LogP contribution in [0.15, 0.2) is 24.3 Å². The van der Waals surface area contributed by atoms with E-state index in [4.69, 9.17) is 19.7 Å². The Kier molecular flexibility index (Phi) is 35.1. The number of ether oxygens (including phenoxy) is 5. The number of rotatable bonds is 8. The summed E-state index contributed by atoms with van der Waals surface area (Å²) in [5.41, 5.74) is 0. The van der Waals surface area contributed by atoms with Crippen molar-refractivity contribution >= 4 is 114 Å². The Labute approximate surface area is 293 Å². The first-order chi connectivity index (χ1) is 19.0. The molecule has 0 bridgehead atoms. The molecule has 2 N–H and O–H groups in total. The summed E-state index contributed by atoms with van der Waals surface area (Å²) in [6.07, 6.45) is 3.40. The number of amides is 1. The van der Waals surface area contributed by atoms with Crippen molar-refractivity contribution in [3.05, 3.63) is 24.3 Å². The third-order valence-corrected chi connectivity index (χ3v) is 4.34. The fourth-order valence-corrected chi connectivity index (χ4v) is 2.46. The Balaban J connectivity index is -0.000000530. The minimum absolute atomic E-state index is 0. The Hall–Kier alpha value is 0.174. The summed E-state index contributed by atoms with van der Waals surface area (Å²) >= 11 is 7.39. The zero-order valence-corrected chi connectivity index (χ0v) is 32.6. The van der Waals surface area contributed by atoms with Crippen molar-refractivity contribution in [1.82, 2.24) is 9.80 Å². The van der Waals surface area contributed by atoms with E-state index in [0.717, 1.165) is 51.1 Å². The van der Waals surface area contributed by atoms with Crippen LogP contribution in [-0.2, 0) is 52.6 Å². The molecule has 2 aliphatic rings. The van der Waals surface area contributed by atoms with Crippen molar-refractivity contribution in [2.24, 2.45) is 0 Å². The number of aliphatic hydroxyl groups is 1. The molecule has 0 aromatic rings. The molecule has 238 valence electrons. The average molecular weight is 1080 g/mol. The third-order valence-electron chi connectivity index (χ3n) is 4.34. The standard InChI is InChI=1S/C11H15NO6.C6H13NO2.C5H6O4.4HI.V/c1-16-10(14)2-3-11(15)18-8-9(13)12-4-6-17-7-5-12;8-4-1-7-2-5-9-6-3-7;1-9-5(8)3-2-4(6)7;;;;;/h2-3H,4-8H2,1H3;8H,1-6H2;2-3H,1H3,(H,6,7);4*1H;/q;;;;;;;+3/p-3/b3-2+;;3-2+;;;;;. The van der Waals surface area contributed by atoms with Crippen LogP contribution in [0, 0.1) is 0 Å². The van der Waals surface area contributed by atoms with Gasteiger partial charge in [-0.25, -0.2) is 19.2 Å². The van der Waals surface area contributed by atoms with Crippen LogP contribution in [0.3, 0.4) is 0 Å². The monoisotopic (exact) mass is 1080 g/mol. The van der Waals surface area contributed by atoms with Gasteiger partial charge >= 0.3 is 88.7 Å². The van der Waals surface area contributed by atoms with Gasteiger partial charge in [-0.05, 0) is 0 Å². The fourth-order valence-electron chi connectivity index (χ4n) is 2.46. The van der Waals surface area contributed by atoms with Crippen LogP contribution in [0.2, 0.25) is 0 Å². The second-order valence-corrected chi connectivity index (χ2v) is 42.4. The normalized spacial score (nSPS) is 14.7. The Bertz CT molecular complexity index is 804. The van der Waals surface area contributed by atoms with E-state index in [2.05, 4.69) is 79.0 Å². The molecule has 0 aliphatic carbocycles. The van der Waals surface area contributed by atoms with Crippen LogP contribution in [-0.4, -0.2) is 136 Å². The number of β-amino-alcohol motifs (C(OH)–C–C–N with tert-alkyl or cyclic N) is 1. The number of esters is 3. The molecule has 2 aliphatic heterocycles. The zero-order valence-electron chi connectivity index (χ0n) is 22.4. The number of hydrogen-bond acceptors (Lipinski definition) is 12. The SMILES string of the molecule is COC(=O)/C=C/C(=O)O.COC(=O)/C=C/C(=O)OCC(=O)N1CCOCC1.I.OCCN1CCOCC1.[I][V]([I])[I]. The molecule has 2 rings (SSSR count). The maximum absolute atomic E-state index is 11.6. The topological polar surface area (TPSA) is 178 Å². The van der Waals surface area contributed by atoms with Crippen molar-refractivity contribution in [3.63, 3.8) is 0 Å². The first-order valence-corrected chi connectivity index (χ1v) is 24.9. The first-order valence-electron chi connectivity index (χ1n) is 11.4. The van der Waals surface area contributed by atoms with E-state index in [9.17, 15) is 24.0 Å². The van der Waals surface area contributed by atoms with E-state index in [1.54, 1.807) is 4.90 Å². The van der Waals surface area contributed by atoms with E-state index >= 15 is 0 Å². The van der Waals surface area contributed by atoms with Gasteiger partial charge in [0.25, 0.3) is 5.91 Å². The van der Waals surface area contributed by atoms with Gasteiger partial charge in [0.1, 0.15) is 0 Å². The molecule has 2 fully saturated rings. The summed E-state index contributed by atoms with van der Waals surface area (Å²) in [5, 5.41) is 16.5. The molecule has 0 atom stereocenters. The summed E-state index contributed by atoms with van der Waals surface area (Å²) in [5.74, 6) is -3.54. The van der Waals surface area contributed by atoms with Gasteiger partial charge in [-0.2, -0.15) is 0 Å².